The number of amides is 1. The smallest absolute Gasteiger partial charge is 0.287 e. The number of benzene rings is 1. The Kier molecular flexibility index (Phi) is 5.48. The summed E-state index contributed by atoms with van der Waals surface area (Å²) in [6, 6.07) is 7.91. The quantitative estimate of drug-likeness (QED) is 0.910. The number of aryl methyl sites for hydroxylation is 1. The van der Waals surface area contributed by atoms with Gasteiger partial charge in [0, 0.05) is 11.4 Å². The zero-order valence-electron chi connectivity index (χ0n) is 12.8. The highest BCUT2D eigenvalue weighted by molar-refractivity contribution is 5.96. The number of halogens is 1. The van der Waals surface area contributed by atoms with Crippen molar-refractivity contribution in [3.8, 4) is 0 Å². The van der Waals surface area contributed by atoms with Gasteiger partial charge < -0.3 is 15.5 Å². The minimum atomic E-state index is -0.130. The van der Waals surface area contributed by atoms with Crippen LogP contribution in [0.5, 0.6) is 0 Å². The van der Waals surface area contributed by atoms with E-state index in [9.17, 15) is 4.79 Å². The normalized spacial score (nSPS) is 21.4. The summed E-state index contributed by atoms with van der Waals surface area (Å²) >= 11 is 0. The second-order valence-corrected chi connectivity index (χ2v) is 6.01. The fourth-order valence-corrected chi connectivity index (χ4v) is 3.19. The molecule has 22 heavy (non-hydrogen) atoms. The second-order valence-electron chi connectivity index (χ2n) is 6.01. The molecule has 120 valence electrons. The van der Waals surface area contributed by atoms with E-state index >= 15 is 0 Å². The molecule has 1 amide bonds. The minimum absolute atomic E-state index is 0. The topological polar surface area (TPSA) is 68.3 Å². The number of nitrogens with two attached hydrogens (primary N) is 1. The summed E-state index contributed by atoms with van der Waals surface area (Å²) in [6.45, 7) is 2.66. The largest absolute Gasteiger partial charge is 0.451 e. The highest BCUT2D eigenvalue weighted by atomic mass is 35.5. The first kappa shape index (κ1) is 16.8. The van der Waals surface area contributed by atoms with Crippen molar-refractivity contribution in [1.29, 1.82) is 0 Å². The maximum atomic E-state index is 12.4. The van der Waals surface area contributed by atoms with Crippen LogP contribution in [0.15, 0.2) is 28.7 Å². The highest BCUT2D eigenvalue weighted by Gasteiger charge is 2.26. The van der Waals surface area contributed by atoms with E-state index < -0.39 is 0 Å². The van der Waals surface area contributed by atoms with Crippen LogP contribution in [0.3, 0.4) is 0 Å². The van der Waals surface area contributed by atoms with Crippen LogP contribution in [0.1, 0.15) is 41.8 Å². The molecule has 3 rings (SSSR count). The summed E-state index contributed by atoms with van der Waals surface area (Å²) in [6.07, 6.45) is 4.46. The van der Waals surface area contributed by atoms with E-state index in [0.29, 0.717) is 18.2 Å². The van der Waals surface area contributed by atoms with Crippen molar-refractivity contribution < 1.29 is 9.21 Å². The molecular formula is C17H23ClN2O2. The molecule has 1 aromatic carbocycles. The van der Waals surface area contributed by atoms with Crippen molar-refractivity contribution in [2.45, 2.75) is 38.6 Å². The molecule has 2 unspecified atom stereocenters. The molecule has 5 heteroatoms. The molecule has 1 saturated carbocycles. The van der Waals surface area contributed by atoms with Gasteiger partial charge >= 0.3 is 0 Å². The van der Waals surface area contributed by atoms with Gasteiger partial charge in [-0.25, -0.2) is 0 Å². The predicted molar refractivity (Wildman–Crippen MR) is 90.5 cm³/mol. The summed E-state index contributed by atoms with van der Waals surface area (Å²) in [5.74, 6) is 0.639. The van der Waals surface area contributed by atoms with Crippen LogP contribution in [-0.2, 0) is 0 Å². The fraction of sp³-hybridized carbons (Fsp3) is 0.471. The molecule has 2 aromatic rings. The highest BCUT2D eigenvalue weighted by Crippen LogP contribution is 2.25. The molecule has 3 N–H and O–H groups in total. The maximum Gasteiger partial charge on any atom is 0.287 e. The van der Waals surface area contributed by atoms with Crippen LogP contribution in [0.2, 0.25) is 0 Å². The van der Waals surface area contributed by atoms with Crippen LogP contribution >= 0.6 is 12.4 Å². The minimum Gasteiger partial charge on any atom is -0.451 e. The monoisotopic (exact) mass is 322 g/mol. The van der Waals surface area contributed by atoms with E-state index in [0.717, 1.165) is 35.8 Å². The summed E-state index contributed by atoms with van der Waals surface area (Å²) in [5.41, 5.74) is 7.72. The van der Waals surface area contributed by atoms with Crippen molar-refractivity contribution >= 4 is 29.3 Å². The fourth-order valence-electron chi connectivity index (χ4n) is 3.19. The molecule has 0 aliphatic heterocycles. The molecule has 1 aliphatic carbocycles. The third-order valence-electron chi connectivity index (χ3n) is 4.42. The Morgan fingerprint density at radius 1 is 1.32 bits per heavy atom. The molecule has 2 atom stereocenters. The third-order valence-corrected chi connectivity index (χ3v) is 4.42. The zero-order valence-corrected chi connectivity index (χ0v) is 13.6. The van der Waals surface area contributed by atoms with Crippen molar-refractivity contribution in [3.63, 3.8) is 0 Å². The molecule has 1 aromatic heterocycles. The Morgan fingerprint density at radius 3 is 2.86 bits per heavy atom. The van der Waals surface area contributed by atoms with Crippen molar-refractivity contribution in [2.24, 2.45) is 11.7 Å². The van der Waals surface area contributed by atoms with E-state index in [4.69, 9.17) is 10.2 Å². The van der Waals surface area contributed by atoms with E-state index in [1.807, 2.05) is 31.2 Å². The number of hydrogen-bond donors (Lipinski definition) is 2. The molecule has 1 heterocycles. The first-order chi connectivity index (χ1) is 10.2. The van der Waals surface area contributed by atoms with Crippen LogP contribution in [0.25, 0.3) is 11.0 Å². The molecule has 1 fully saturated rings. The molecule has 4 nitrogen and oxygen atoms in total. The Bertz CT molecular complexity index is 653. The van der Waals surface area contributed by atoms with E-state index in [-0.39, 0.29) is 24.4 Å². The predicted octanol–water partition coefficient (Wildman–Crippen LogP) is 3.41. The zero-order chi connectivity index (χ0) is 14.8. The van der Waals surface area contributed by atoms with Gasteiger partial charge in [-0.3, -0.25) is 4.79 Å². The van der Waals surface area contributed by atoms with Crippen LogP contribution < -0.4 is 11.1 Å². The summed E-state index contributed by atoms with van der Waals surface area (Å²) in [4.78, 5) is 12.4. The molecular weight excluding hydrogens is 300 g/mol. The van der Waals surface area contributed by atoms with Gasteiger partial charge in [0.05, 0.1) is 0 Å². The van der Waals surface area contributed by atoms with Gasteiger partial charge in [-0.1, -0.05) is 24.5 Å². The molecule has 0 saturated heterocycles. The Balaban J connectivity index is 0.00000176. The van der Waals surface area contributed by atoms with Crippen LogP contribution in [0, 0.1) is 12.8 Å². The lowest BCUT2D eigenvalue weighted by atomic mass is 9.84. The average molecular weight is 323 g/mol. The second kappa shape index (κ2) is 7.16. The van der Waals surface area contributed by atoms with Crippen molar-refractivity contribution in [3.05, 3.63) is 35.6 Å². The third kappa shape index (κ3) is 3.45. The maximum absolute atomic E-state index is 12.4. The number of rotatable bonds is 3. The van der Waals surface area contributed by atoms with Crippen LogP contribution in [-0.4, -0.2) is 18.5 Å². The SMILES string of the molecule is Cc1ccc2oc(C(=O)NC3CCCCC3CN)cc2c1.Cl. The van der Waals surface area contributed by atoms with Gasteiger partial charge in [-0.15, -0.1) is 12.4 Å². The number of fused-ring (bicyclic) bond motifs is 1. The van der Waals surface area contributed by atoms with Gasteiger partial charge in [0.15, 0.2) is 5.76 Å². The number of furan rings is 1. The Hall–Kier alpha value is -1.52. The van der Waals surface area contributed by atoms with Gasteiger partial charge in [-0.2, -0.15) is 0 Å². The van der Waals surface area contributed by atoms with Gasteiger partial charge in [0.1, 0.15) is 5.58 Å². The number of hydrogen-bond acceptors (Lipinski definition) is 3. The molecule has 1 aliphatic rings. The van der Waals surface area contributed by atoms with E-state index in [1.165, 1.54) is 6.42 Å². The molecule has 0 radical (unpaired) electrons. The average Bonchev–Trinajstić information content (AvgIpc) is 2.91. The Labute approximate surface area is 136 Å². The lowest BCUT2D eigenvalue weighted by Gasteiger charge is -2.30. The number of carbonyl (C=O) groups is 1. The lowest BCUT2D eigenvalue weighted by molar-refractivity contribution is 0.0882. The van der Waals surface area contributed by atoms with Crippen LogP contribution in [0.4, 0.5) is 0 Å². The standard InChI is InChI=1S/C17H22N2O2.ClH/c1-11-6-7-15-13(8-11)9-16(21-15)17(20)19-14-5-3-2-4-12(14)10-18;/h6-9,12,14H,2-5,10,18H2,1H3,(H,19,20);1H. The Morgan fingerprint density at radius 2 is 2.09 bits per heavy atom. The van der Waals surface area contributed by atoms with Gasteiger partial charge in [0.2, 0.25) is 0 Å². The van der Waals surface area contributed by atoms with E-state index in [1.54, 1.807) is 0 Å². The number of carbonyl (C=O) groups excluding carboxylic acids is 1. The molecule has 0 bridgehead atoms. The first-order valence-electron chi connectivity index (χ1n) is 7.68. The summed E-state index contributed by atoms with van der Waals surface area (Å²) in [7, 11) is 0. The number of nitrogens with one attached hydrogen (secondary N) is 1. The van der Waals surface area contributed by atoms with E-state index in [2.05, 4.69) is 5.32 Å². The van der Waals surface area contributed by atoms with Crippen molar-refractivity contribution in [2.75, 3.05) is 6.54 Å². The summed E-state index contributed by atoms with van der Waals surface area (Å²) < 4.78 is 5.65. The lowest BCUT2D eigenvalue weighted by Crippen LogP contribution is -2.44. The van der Waals surface area contributed by atoms with Gasteiger partial charge in [0.25, 0.3) is 5.91 Å². The van der Waals surface area contributed by atoms with Crippen molar-refractivity contribution in [1.82, 2.24) is 5.32 Å². The molecule has 0 spiro atoms. The van der Waals surface area contributed by atoms with Gasteiger partial charge in [-0.05, 0) is 50.4 Å². The summed E-state index contributed by atoms with van der Waals surface area (Å²) in [5, 5.41) is 4.07. The first-order valence-corrected chi connectivity index (χ1v) is 7.68.